The lowest BCUT2D eigenvalue weighted by Gasteiger charge is -2.14. The topological polar surface area (TPSA) is 79.2 Å². The summed E-state index contributed by atoms with van der Waals surface area (Å²) in [6, 6.07) is 3.14. The Kier molecular flexibility index (Phi) is 3.25. The fourth-order valence-electron chi connectivity index (χ4n) is 2.05. The number of fused-ring (bicyclic) bond motifs is 1. The number of carbonyl (C=O) groups excluding carboxylic acids is 2. The third-order valence-electron chi connectivity index (χ3n) is 3.05. The number of Topliss-reactive ketones (excluding diaryl/α,β-unsaturated/α-hetero) is 1. The molecule has 1 amide bonds. The van der Waals surface area contributed by atoms with Gasteiger partial charge in [-0.15, -0.1) is 0 Å². The number of carbonyl (C=O) groups is 2. The summed E-state index contributed by atoms with van der Waals surface area (Å²) in [5.41, 5.74) is 1.48. The second-order valence-electron chi connectivity index (χ2n) is 4.46. The summed E-state index contributed by atoms with van der Waals surface area (Å²) in [6.07, 6.45) is 0.247. The Labute approximate surface area is 110 Å². The molecule has 6 nitrogen and oxygen atoms in total. The third kappa shape index (κ3) is 2.05. The van der Waals surface area contributed by atoms with Gasteiger partial charge >= 0.3 is 0 Å². The molecule has 0 heterocycles. The molecule has 1 aromatic rings. The van der Waals surface area contributed by atoms with E-state index in [0.29, 0.717) is 22.4 Å². The maximum atomic E-state index is 12.0. The minimum atomic E-state index is -0.354. The van der Waals surface area contributed by atoms with Crippen LogP contribution in [0, 0.1) is 0 Å². The number of hydrogen-bond acceptors (Lipinski definition) is 5. The van der Waals surface area contributed by atoms with Gasteiger partial charge in [0, 0.05) is 26.1 Å². The fraction of sp³-hybridized carbons (Fsp3) is 0.308. The highest BCUT2D eigenvalue weighted by Gasteiger charge is 2.30. The van der Waals surface area contributed by atoms with Gasteiger partial charge in [-0.3, -0.25) is 9.59 Å². The summed E-state index contributed by atoms with van der Waals surface area (Å²) in [6.45, 7) is 0. The predicted octanol–water partition coefficient (Wildman–Crippen LogP) is 0.966. The van der Waals surface area contributed by atoms with Crippen LogP contribution in [0.2, 0.25) is 0 Å². The quantitative estimate of drug-likeness (QED) is 0.636. The summed E-state index contributed by atoms with van der Waals surface area (Å²) >= 11 is 0. The molecular formula is C13H14N2O4. The van der Waals surface area contributed by atoms with Crippen molar-refractivity contribution in [3.63, 3.8) is 0 Å². The summed E-state index contributed by atoms with van der Waals surface area (Å²) in [7, 11) is 4.71. The van der Waals surface area contributed by atoms with E-state index in [1.165, 1.54) is 18.1 Å². The first-order valence-corrected chi connectivity index (χ1v) is 5.67. The summed E-state index contributed by atoms with van der Waals surface area (Å²) < 4.78 is 5.18. The van der Waals surface area contributed by atoms with Crippen LogP contribution < -0.4 is 4.74 Å². The van der Waals surface area contributed by atoms with Gasteiger partial charge in [0.2, 0.25) is 5.78 Å². The van der Waals surface area contributed by atoms with Crippen LogP contribution in [-0.4, -0.2) is 48.7 Å². The molecule has 100 valence electrons. The Morgan fingerprint density at radius 2 is 2.11 bits per heavy atom. The van der Waals surface area contributed by atoms with E-state index in [1.807, 2.05) is 0 Å². The van der Waals surface area contributed by atoms with E-state index in [1.54, 1.807) is 20.2 Å². The molecule has 1 aromatic carbocycles. The molecule has 0 bridgehead atoms. The van der Waals surface area contributed by atoms with E-state index in [-0.39, 0.29) is 23.8 Å². The molecule has 0 radical (unpaired) electrons. The monoisotopic (exact) mass is 262 g/mol. The molecule has 1 aliphatic rings. The zero-order chi connectivity index (χ0) is 14.2. The maximum Gasteiger partial charge on any atom is 0.257 e. The van der Waals surface area contributed by atoms with Crippen molar-refractivity contribution >= 4 is 17.4 Å². The molecule has 0 atom stereocenters. The fourth-order valence-corrected chi connectivity index (χ4v) is 2.05. The van der Waals surface area contributed by atoms with Gasteiger partial charge in [0.15, 0.2) is 0 Å². The number of ether oxygens (including phenoxy) is 1. The lowest BCUT2D eigenvalue weighted by Crippen LogP contribution is -2.22. The highest BCUT2D eigenvalue weighted by Crippen LogP contribution is 2.29. The van der Waals surface area contributed by atoms with E-state index < -0.39 is 0 Å². The minimum Gasteiger partial charge on any atom is -0.496 e. The van der Waals surface area contributed by atoms with Gasteiger partial charge in [-0.1, -0.05) is 5.16 Å². The van der Waals surface area contributed by atoms with Gasteiger partial charge in [0.05, 0.1) is 12.7 Å². The molecule has 0 aliphatic heterocycles. The average Bonchev–Trinajstić information content (AvgIpc) is 2.72. The van der Waals surface area contributed by atoms with Crippen molar-refractivity contribution < 1.29 is 19.5 Å². The lowest BCUT2D eigenvalue weighted by molar-refractivity contribution is 0.0824. The van der Waals surface area contributed by atoms with E-state index in [0.717, 1.165) is 0 Å². The van der Waals surface area contributed by atoms with Gasteiger partial charge < -0.3 is 14.8 Å². The van der Waals surface area contributed by atoms with Crippen LogP contribution in [-0.2, 0) is 6.42 Å². The number of nitrogens with zero attached hydrogens (tertiary/aromatic N) is 2. The number of hydrogen-bond donors (Lipinski definition) is 1. The van der Waals surface area contributed by atoms with E-state index >= 15 is 0 Å². The second-order valence-corrected chi connectivity index (χ2v) is 4.46. The van der Waals surface area contributed by atoms with Gasteiger partial charge in [0.1, 0.15) is 11.5 Å². The molecule has 0 fully saturated rings. The Bertz CT molecular complexity index is 591. The van der Waals surface area contributed by atoms with Crippen LogP contribution in [0.3, 0.4) is 0 Å². The van der Waals surface area contributed by atoms with Crippen molar-refractivity contribution in [2.75, 3.05) is 21.2 Å². The summed E-state index contributed by atoms with van der Waals surface area (Å²) in [5.74, 6) is -0.195. The molecule has 0 saturated carbocycles. The molecular weight excluding hydrogens is 248 g/mol. The summed E-state index contributed by atoms with van der Waals surface area (Å²) in [4.78, 5) is 25.4. The van der Waals surface area contributed by atoms with Crippen molar-refractivity contribution in [1.82, 2.24) is 4.90 Å². The first kappa shape index (κ1) is 13.1. The van der Waals surface area contributed by atoms with Crippen molar-refractivity contribution in [2.24, 2.45) is 5.16 Å². The van der Waals surface area contributed by atoms with Crippen LogP contribution in [0.1, 0.15) is 26.3 Å². The highest BCUT2D eigenvalue weighted by molar-refractivity contribution is 6.49. The Hall–Kier alpha value is -2.37. The van der Waals surface area contributed by atoms with Gasteiger partial charge in [-0.05, 0) is 17.7 Å². The first-order chi connectivity index (χ1) is 8.99. The zero-order valence-corrected chi connectivity index (χ0v) is 10.9. The Morgan fingerprint density at radius 1 is 1.42 bits per heavy atom. The van der Waals surface area contributed by atoms with Gasteiger partial charge in [-0.2, -0.15) is 0 Å². The number of ketones is 1. The standard InChI is InChI=1S/C13H14N2O4/c1-15(2)13(17)9-6-8-7(5-11(9)19-3)4-10(14-18)12(8)16/h5-6,18H,4H2,1-3H3/b14-10+. The van der Waals surface area contributed by atoms with Gasteiger partial charge in [-0.25, -0.2) is 0 Å². The number of rotatable bonds is 2. The number of methoxy groups -OCH3 is 1. The normalized spacial score (nSPS) is 15.5. The van der Waals surface area contributed by atoms with Gasteiger partial charge in [0.25, 0.3) is 5.91 Å². The molecule has 2 rings (SSSR count). The molecule has 0 aromatic heterocycles. The number of amides is 1. The molecule has 6 heteroatoms. The largest absolute Gasteiger partial charge is 0.496 e. The smallest absolute Gasteiger partial charge is 0.257 e. The van der Waals surface area contributed by atoms with Crippen molar-refractivity contribution in [3.8, 4) is 5.75 Å². The second kappa shape index (κ2) is 4.72. The van der Waals surface area contributed by atoms with E-state index in [4.69, 9.17) is 9.94 Å². The molecule has 0 unspecified atom stereocenters. The minimum absolute atomic E-state index is 0.0755. The highest BCUT2D eigenvalue weighted by atomic mass is 16.5. The zero-order valence-electron chi connectivity index (χ0n) is 10.9. The first-order valence-electron chi connectivity index (χ1n) is 5.67. The van der Waals surface area contributed by atoms with E-state index in [9.17, 15) is 9.59 Å². The molecule has 0 saturated heterocycles. The molecule has 1 N–H and O–H groups in total. The van der Waals surface area contributed by atoms with E-state index in [2.05, 4.69) is 5.16 Å². The number of oxime groups is 1. The van der Waals surface area contributed by atoms with Crippen molar-refractivity contribution in [2.45, 2.75) is 6.42 Å². The van der Waals surface area contributed by atoms with Crippen LogP contribution in [0.4, 0.5) is 0 Å². The SMILES string of the molecule is COc1cc2c(cc1C(=O)N(C)C)C(=O)/C(=N/O)C2. The third-order valence-corrected chi connectivity index (χ3v) is 3.05. The van der Waals surface area contributed by atoms with Crippen LogP contribution in [0.25, 0.3) is 0 Å². The Balaban J connectivity index is 2.58. The summed E-state index contributed by atoms with van der Waals surface area (Å²) in [5, 5.41) is 11.7. The number of benzene rings is 1. The van der Waals surface area contributed by atoms with Crippen LogP contribution >= 0.6 is 0 Å². The van der Waals surface area contributed by atoms with Crippen LogP contribution in [0.15, 0.2) is 17.3 Å². The predicted molar refractivity (Wildman–Crippen MR) is 68.3 cm³/mol. The Morgan fingerprint density at radius 3 is 2.63 bits per heavy atom. The molecule has 1 aliphatic carbocycles. The maximum absolute atomic E-state index is 12.0. The van der Waals surface area contributed by atoms with Crippen LogP contribution in [0.5, 0.6) is 5.75 Å². The molecule has 19 heavy (non-hydrogen) atoms. The van der Waals surface area contributed by atoms with Crippen molar-refractivity contribution in [1.29, 1.82) is 0 Å². The molecule has 0 spiro atoms. The van der Waals surface area contributed by atoms with Crippen molar-refractivity contribution in [3.05, 3.63) is 28.8 Å². The average molecular weight is 262 g/mol. The lowest BCUT2D eigenvalue weighted by atomic mass is 10.0.